The second-order valence-corrected chi connectivity index (χ2v) is 7.29. The van der Waals surface area contributed by atoms with E-state index in [1.807, 2.05) is 11.3 Å². The van der Waals surface area contributed by atoms with Crippen LogP contribution >= 0.6 is 11.3 Å². The van der Waals surface area contributed by atoms with Gasteiger partial charge in [0.1, 0.15) is 0 Å². The topological polar surface area (TPSA) is 12.0 Å². The van der Waals surface area contributed by atoms with E-state index < -0.39 is 0 Å². The van der Waals surface area contributed by atoms with Crippen molar-refractivity contribution in [2.24, 2.45) is 5.92 Å². The molecule has 1 aromatic rings. The van der Waals surface area contributed by atoms with Gasteiger partial charge in [0.25, 0.3) is 0 Å². The average Bonchev–Trinajstić information content (AvgIpc) is 2.61. The van der Waals surface area contributed by atoms with E-state index in [-0.39, 0.29) is 0 Å². The zero-order valence-electron chi connectivity index (χ0n) is 11.5. The molecule has 17 heavy (non-hydrogen) atoms. The summed E-state index contributed by atoms with van der Waals surface area (Å²) in [6.45, 7) is 10.2. The molecule has 0 amide bonds. The van der Waals surface area contributed by atoms with Crippen molar-refractivity contribution in [1.29, 1.82) is 0 Å². The van der Waals surface area contributed by atoms with Crippen LogP contribution < -0.4 is 5.32 Å². The largest absolute Gasteiger partial charge is 0.309 e. The Balaban J connectivity index is 2.15. The summed E-state index contributed by atoms with van der Waals surface area (Å²) in [4.78, 5) is 3.05. The molecule has 0 bridgehead atoms. The lowest BCUT2D eigenvalue weighted by Crippen LogP contribution is -2.31. The highest BCUT2D eigenvalue weighted by Gasteiger charge is 2.29. The molecule has 1 heterocycles. The number of hydrogen-bond donors (Lipinski definition) is 1. The van der Waals surface area contributed by atoms with Crippen LogP contribution in [0.4, 0.5) is 0 Å². The van der Waals surface area contributed by atoms with Crippen molar-refractivity contribution in [2.75, 3.05) is 6.54 Å². The maximum Gasteiger partial charge on any atom is 0.0443 e. The third-order valence-corrected chi connectivity index (χ3v) is 5.31. The highest BCUT2D eigenvalue weighted by atomic mass is 32.1. The van der Waals surface area contributed by atoms with Crippen LogP contribution in [-0.2, 0) is 5.41 Å². The van der Waals surface area contributed by atoms with Gasteiger partial charge in [-0.2, -0.15) is 0 Å². The van der Waals surface area contributed by atoms with Gasteiger partial charge in [0.2, 0.25) is 0 Å². The number of hydrogen-bond acceptors (Lipinski definition) is 2. The van der Waals surface area contributed by atoms with Crippen LogP contribution in [-0.4, -0.2) is 6.54 Å². The van der Waals surface area contributed by atoms with E-state index in [1.54, 1.807) is 4.88 Å². The minimum atomic E-state index is 0.291. The maximum atomic E-state index is 3.68. The standard InChI is InChI=1S/C15H25NS/c1-5-16-14(11-7-6-8-11)12-9-10-13(17-12)15(2,3)4/h9-11,14,16H,5-8H2,1-4H3. The number of rotatable bonds is 4. The minimum Gasteiger partial charge on any atom is -0.309 e. The van der Waals surface area contributed by atoms with Gasteiger partial charge >= 0.3 is 0 Å². The molecule has 1 aromatic heterocycles. The van der Waals surface area contributed by atoms with Crippen molar-refractivity contribution >= 4 is 11.3 Å². The quantitative estimate of drug-likeness (QED) is 0.831. The predicted octanol–water partition coefficient (Wildman–Crippen LogP) is 4.50. The molecule has 2 rings (SSSR count). The fourth-order valence-corrected chi connectivity index (χ4v) is 3.65. The molecular weight excluding hydrogens is 226 g/mol. The van der Waals surface area contributed by atoms with Gasteiger partial charge in [-0.25, -0.2) is 0 Å². The van der Waals surface area contributed by atoms with Crippen molar-refractivity contribution < 1.29 is 0 Å². The van der Waals surface area contributed by atoms with Crippen LogP contribution in [0.2, 0.25) is 0 Å². The molecule has 0 radical (unpaired) electrons. The molecule has 1 N–H and O–H groups in total. The summed E-state index contributed by atoms with van der Waals surface area (Å²) in [6.07, 6.45) is 4.23. The van der Waals surface area contributed by atoms with Crippen LogP contribution in [0.1, 0.15) is 62.8 Å². The Hall–Kier alpha value is -0.340. The third-order valence-electron chi connectivity index (χ3n) is 3.72. The van der Waals surface area contributed by atoms with Crippen molar-refractivity contribution in [3.63, 3.8) is 0 Å². The monoisotopic (exact) mass is 251 g/mol. The summed E-state index contributed by atoms with van der Waals surface area (Å²) < 4.78 is 0. The van der Waals surface area contributed by atoms with Crippen LogP contribution in [0.25, 0.3) is 0 Å². The van der Waals surface area contributed by atoms with Crippen LogP contribution in [0, 0.1) is 5.92 Å². The van der Waals surface area contributed by atoms with E-state index >= 15 is 0 Å². The normalized spacial score (nSPS) is 19.1. The first-order valence-electron chi connectivity index (χ1n) is 6.86. The van der Waals surface area contributed by atoms with Gasteiger partial charge in [0.05, 0.1) is 0 Å². The Bertz CT molecular complexity index is 357. The zero-order chi connectivity index (χ0) is 12.5. The molecule has 96 valence electrons. The Kier molecular flexibility index (Phi) is 3.94. The van der Waals surface area contributed by atoms with Gasteiger partial charge in [-0.15, -0.1) is 11.3 Å². The maximum absolute atomic E-state index is 3.68. The summed E-state index contributed by atoms with van der Waals surface area (Å²) in [5.74, 6) is 0.876. The van der Waals surface area contributed by atoms with Gasteiger partial charge in [-0.3, -0.25) is 0 Å². The van der Waals surface area contributed by atoms with Gasteiger partial charge in [0.15, 0.2) is 0 Å². The average molecular weight is 251 g/mol. The predicted molar refractivity (Wildman–Crippen MR) is 76.8 cm³/mol. The summed E-state index contributed by atoms with van der Waals surface area (Å²) in [5, 5.41) is 3.68. The minimum absolute atomic E-state index is 0.291. The summed E-state index contributed by atoms with van der Waals surface area (Å²) in [5.41, 5.74) is 0.291. The highest BCUT2D eigenvalue weighted by Crippen LogP contribution is 2.41. The second kappa shape index (κ2) is 5.11. The molecule has 1 fully saturated rings. The van der Waals surface area contributed by atoms with Crippen molar-refractivity contribution in [3.8, 4) is 0 Å². The second-order valence-electron chi connectivity index (χ2n) is 6.18. The molecule has 1 unspecified atom stereocenters. The molecule has 1 aliphatic carbocycles. The van der Waals surface area contributed by atoms with E-state index in [4.69, 9.17) is 0 Å². The number of nitrogens with one attached hydrogen (secondary N) is 1. The van der Waals surface area contributed by atoms with Crippen LogP contribution in [0.5, 0.6) is 0 Å². The van der Waals surface area contributed by atoms with Crippen molar-refractivity contribution in [3.05, 3.63) is 21.9 Å². The fourth-order valence-electron chi connectivity index (χ4n) is 2.42. The van der Waals surface area contributed by atoms with E-state index in [1.165, 1.54) is 24.1 Å². The van der Waals surface area contributed by atoms with Gasteiger partial charge in [-0.1, -0.05) is 34.1 Å². The zero-order valence-corrected chi connectivity index (χ0v) is 12.4. The molecule has 0 saturated heterocycles. The molecular formula is C15H25NS. The van der Waals surface area contributed by atoms with Crippen molar-refractivity contribution in [2.45, 2.75) is 58.4 Å². The van der Waals surface area contributed by atoms with Crippen LogP contribution in [0.15, 0.2) is 12.1 Å². The Morgan fingerprint density at radius 1 is 1.35 bits per heavy atom. The first-order valence-corrected chi connectivity index (χ1v) is 7.67. The smallest absolute Gasteiger partial charge is 0.0443 e. The Labute approximate surface area is 110 Å². The third kappa shape index (κ3) is 2.92. The fraction of sp³-hybridized carbons (Fsp3) is 0.733. The molecule has 1 nitrogen and oxygen atoms in total. The van der Waals surface area contributed by atoms with E-state index in [2.05, 4.69) is 45.1 Å². The van der Waals surface area contributed by atoms with E-state index in [9.17, 15) is 0 Å². The van der Waals surface area contributed by atoms with Crippen molar-refractivity contribution in [1.82, 2.24) is 5.32 Å². The first kappa shape index (κ1) is 13.1. The lowest BCUT2D eigenvalue weighted by atomic mass is 9.79. The van der Waals surface area contributed by atoms with Crippen LogP contribution in [0.3, 0.4) is 0 Å². The molecule has 1 saturated carbocycles. The molecule has 0 aliphatic heterocycles. The van der Waals surface area contributed by atoms with E-state index in [0.717, 1.165) is 12.5 Å². The van der Waals surface area contributed by atoms with Gasteiger partial charge < -0.3 is 5.32 Å². The lowest BCUT2D eigenvalue weighted by molar-refractivity contribution is 0.236. The summed E-state index contributed by atoms with van der Waals surface area (Å²) in [7, 11) is 0. The molecule has 1 atom stereocenters. The van der Waals surface area contributed by atoms with Gasteiger partial charge in [0, 0.05) is 15.8 Å². The van der Waals surface area contributed by atoms with E-state index in [0.29, 0.717) is 11.5 Å². The first-order chi connectivity index (χ1) is 8.02. The summed E-state index contributed by atoms with van der Waals surface area (Å²) in [6, 6.07) is 5.27. The van der Waals surface area contributed by atoms with Gasteiger partial charge in [-0.05, 0) is 42.9 Å². The molecule has 0 spiro atoms. The molecule has 0 aromatic carbocycles. The Morgan fingerprint density at radius 3 is 2.47 bits per heavy atom. The SMILES string of the molecule is CCNC(c1ccc(C(C)(C)C)s1)C1CCC1. The Morgan fingerprint density at radius 2 is 2.06 bits per heavy atom. The molecule has 2 heteroatoms. The summed E-state index contributed by atoms with van der Waals surface area (Å²) >= 11 is 2.00. The molecule has 1 aliphatic rings. The lowest BCUT2D eigenvalue weighted by Gasteiger charge is -2.33. The number of thiophene rings is 1. The highest BCUT2D eigenvalue weighted by molar-refractivity contribution is 7.12.